The molecule has 1 rings (SSSR count). The maximum atomic E-state index is 4.57. The molecule has 1 aromatic heterocycles. The average Bonchev–Trinajstić information content (AvgIpc) is 2.55. The maximum absolute atomic E-state index is 4.57. The molecule has 0 aromatic carbocycles. The molecule has 0 saturated heterocycles. The highest BCUT2D eigenvalue weighted by atomic mass is 15.3. The van der Waals surface area contributed by atoms with Crippen LogP contribution in [0.1, 0.15) is 50.1 Å². The zero-order chi connectivity index (χ0) is 13.5. The lowest BCUT2D eigenvalue weighted by atomic mass is 10.2. The van der Waals surface area contributed by atoms with Crippen LogP contribution in [0.25, 0.3) is 0 Å². The fourth-order valence-electron chi connectivity index (χ4n) is 2.08. The Kier molecular flexibility index (Phi) is 6.41. The van der Waals surface area contributed by atoms with Crippen LogP contribution in [0.2, 0.25) is 0 Å². The van der Waals surface area contributed by atoms with E-state index in [-0.39, 0.29) is 0 Å². The SMILES string of the molecule is Cc1nn(CCCCCNCC(C)C)c(C)c1C. The van der Waals surface area contributed by atoms with Gasteiger partial charge < -0.3 is 5.32 Å². The Morgan fingerprint density at radius 1 is 1.11 bits per heavy atom. The molecule has 0 aliphatic carbocycles. The van der Waals surface area contributed by atoms with Crippen LogP contribution >= 0.6 is 0 Å². The van der Waals surface area contributed by atoms with Crippen molar-refractivity contribution in [2.75, 3.05) is 13.1 Å². The van der Waals surface area contributed by atoms with Crippen molar-refractivity contribution in [1.82, 2.24) is 15.1 Å². The highest BCUT2D eigenvalue weighted by Gasteiger charge is 2.06. The molecular formula is C15H29N3. The number of unbranched alkanes of at least 4 members (excludes halogenated alkanes) is 2. The molecule has 104 valence electrons. The van der Waals surface area contributed by atoms with E-state index in [1.54, 1.807) is 0 Å². The number of nitrogens with zero attached hydrogens (tertiary/aromatic N) is 2. The first-order valence-corrected chi connectivity index (χ1v) is 7.23. The summed E-state index contributed by atoms with van der Waals surface area (Å²) in [6.45, 7) is 14.3. The fourth-order valence-corrected chi connectivity index (χ4v) is 2.08. The van der Waals surface area contributed by atoms with Crippen LogP contribution in [0.15, 0.2) is 0 Å². The summed E-state index contributed by atoms with van der Waals surface area (Å²) >= 11 is 0. The molecule has 0 spiro atoms. The second kappa shape index (κ2) is 7.57. The second-order valence-electron chi connectivity index (χ2n) is 5.68. The van der Waals surface area contributed by atoms with E-state index >= 15 is 0 Å². The largest absolute Gasteiger partial charge is 0.316 e. The minimum absolute atomic E-state index is 0.752. The molecule has 0 radical (unpaired) electrons. The fraction of sp³-hybridized carbons (Fsp3) is 0.800. The van der Waals surface area contributed by atoms with Gasteiger partial charge in [-0.05, 0) is 58.2 Å². The topological polar surface area (TPSA) is 29.9 Å². The van der Waals surface area contributed by atoms with Crippen LogP contribution < -0.4 is 5.32 Å². The average molecular weight is 251 g/mol. The molecule has 0 amide bonds. The van der Waals surface area contributed by atoms with E-state index in [4.69, 9.17) is 0 Å². The summed E-state index contributed by atoms with van der Waals surface area (Å²) in [5.74, 6) is 0.752. The maximum Gasteiger partial charge on any atom is 0.0625 e. The Labute approximate surface area is 112 Å². The molecular weight excluding hydrogens is 222 g/mol. The standard InChI is InChI=1S/C15H29N3/c1-12(2)11-16-9-7-6-8-10-18-15(5)13(3)14(4)17-18/h12,16H,6-11H2,1-5H3. The third-order valence-corrected chi connectivity index (χ3v) is 3.52. The summed E-state index contributed by atoms with van der Waals surface area (Å²) in [4.78, 5) is 0. The van der Waals surface area contributed by atoms with Crippen LogP contribution in [0.4, 0.5) is 0 Å². The molecule has 0 bridgehead atoms. The molecule has 1 heterocycles. The molecule has 1 aromatic rings. The number of aromatic nitrogens is 2. The van der Waals surface area contributed by atoms with Gasteiger partial charge in [-0.25, -0.2) is 0 Å². The monoisotopic (exact) mass is 251 g/mol. The molecule has 1 N–H and O–H groups in total. The lowest BCUT2D eigenvalue weighted by Crippen LogP contribution is -2.20. The minimum atomic E-state index is 0.752. The van der Waals surface area contributed by atoms with Gasteiger partial charge in [0.1, 0.15) is 0 Å². The molecule has 0 saturated carbocycles. The van der Waals surface area contributed by atoms with Crippen LogP contribution in [-0.2, 0) is 6.54 Å². The van der Waals surface area contributed by atoms with Crippen molar-refractivity contribution in [1.29, 1.82) is 0 Å². The van der Waals surface area contributed by atoms with E-state index < -0.39 is 0 Å². The van der Waals surface area contributed by atoms with Crippen LogP contribution in [0.5, 0.6) is 0 Å². The molecule has 18 heavy (non-hydrogen) atoms. The molecule has 3 heteroatoms. The predicted octanol–water partition coefficient (Wildman–Crippen LogP) is 3.22. The van der Waals surface area contributed by atoms with E-state index in [1.807, 2.05) is 0 Å². The van der Waals surface area contributed by atoms with Gasteiger partial charge in [-0.1, -0.05) is 20.3 Å². The van der Waals surface area contributed by atoms with Crippen molar-refractivity contribution >= 4 is 0 Å². The van der Waals surface area contributed by atoms with Gasteiger partial charge in [0, 0.05) is 12.2 Å². The normalized spacial score (nSPS) is 11.4. The Morgan fingerprint density at radius 3 is 2.39 bits per heavy atom. The van der Waals surface area contributed by atoms with Crippen molar-refractivity contribution < 1.29 is 0 Å². The summed E-state index contributed by atoms with van der Waals surface area (Å²) in [5.41, 5.74) is 3.84. The van der Waals surface area contributed by atoms with Crippen LogP contribution in [-0.4, -0.2) is 22.9 Å². The number of hydrogen-bond donors (Lipinski definition) is 1. The van der Waals surface area contributed by atoms with Crippen LogP contribution in [0.3, 0.4) is 0 Å². The highest BCUT2D eigenvalue weighted by molar-refractivity contribution is 5.21. The van der Waals surface area contributed by atoms with Crippen molar-refractivity contribution in [2.45, 2.75) is 60.4 Å². The van der Waals surface area contributed by atoms with Crippen LogP contribution in [0, 0.1) is 26.7 Å². The molecule has 0 aliphatic rings. The van der Waals surface area contributed by atoms with Gasteiger partial charge in [0.15, 0.2) is 0 Å². The van der Waals surface area contributed by atoms with Gasteiger partial charge in [0.25, 0.3) is 0 Å². The summed E-state index contributed by atoms with van der Waals surface area (Å²) in [5, 5.41) is 8.05. The highest BCUT2D eigenvalue weighted by Crippen LogP contribution is 2.11. The van der Waals surface area contributed by atoms with E-state index in [0.29, 0.717) is 0 Å². The number of rotatable bonds is 8. The predicted molar refractivity (Wildman–Crippen MR) is 78.0 cm³/mol. The summed E-state index contributed by atoms with van der Waals surface area (Å²) in [7, 11) is 0. The zero-order valence-corrected chi connectivity index (χ0v) is 12.7. The lowest BCUT2D eigenvalue weighted by molar-refractivity contribution is 0.501. The van der Waals surface area contributed by atoms with E-state index in [1.165, 1.54) is 36.2 Å². The lowest BCUT2D eigenvalue weighted by Gasteiger charge is -2.07. The van der Waals surface area contributed by atoms with Crippen molar-refractivity contribution in [3.8, 4) is 0 Å². The van der Waals surface area contributed by atoms with Gasteiger partial charge in [-0.2, -0.15) is 5.10 Å². The van der Waals surface area contributed by atoms with E-state index in [2.05, 4.69) is 49.7 Å². The van der Waals surface area contributed by atoms with Gasteiger partial charge in [-0.15, -0.1) is 0 Å². The van der Waals surface area contributed by atoms with Crippen molar-refractivity contribution in [2.24, 2.45) is 5.92 Å². The first kappa shape index (κ1) is 15.2. The first-order chi connectivity index (χ1) is 8.52. The summed E-state index contributed by atoms with van der Waals surface area (Å²) in [6.07, 6.45) is 3.78. The smallest absolute Gasteiger partial charge is 0.0625 e. The number of aryl methyl sites for hydroxylation is 2. The third kappa shape index (κ3) is 4.81. The van der Waals surface area contributed by atoms with Gasteiger partial charge in [0.05, 0.1) is 5.69 Å². The number of nitrogens with one attached hydrogen (secondary N) is 1. The molecule has 0 aliphatic heterocycles. The second-order valence-corrected chi connectivity index (χ2v) is 5.68. The third-order valence-electron chi connectivity index (χ3n) is 3.52. The van der Waals surface area contributed by atoms with E-state index in [9.17, 15) is 0 Å². The summed E-state index contributed by atoms with van der Waals surface area (Å²) < 4.78 is 2.16. The molecule has 0 unspecified atom stereocenters. The Morgan fingerprint density at radius 2 is 1.83 bits per heavy atom. The zero-order valence-electron chi connectivity index (χ0n) is 12.7. The Balaban J connectivity index is 2.13. The molecule has 0 fully saturated rings. The minimum Gasteiger partial charge on any atom is -0.316 e. The summed E-state index contributed by atoms with van der Waals surface area (Å²) in [6, 6.07) is 0. The molecule has 3 nitrogen and oxygen atoms in total. The quantitative estimate of drug-likeness (QED) is 0.719. The Hall–Kier alpha value is -0.830. The van der Waals surface area contributed by atoms with Crippen molar-refractivity contribution in [3.05, 3.63) is 17.0 Å². The van der Waals surface area contributed by atoms with Gasteiger partial charge >= 0.3 is 0 Å². The number of hydrogen-bond acceptors (Lipinski definition) is 2. The Bertz CT molecular complexity index is 353. The van der Waals surface area contributed by atoms with Crippen molar-refractivity contribution in [3.63, 3.8) is 0 Å². The molecule has 0 atom stereocenters. The van der Waals surface area contributed by atoms with Gasteiger partial charge in [-0.3, -0.25) is 4.68 Å². The van der Waals surface area contributed by atoms with Gasteiger partial charge in [0.2, 0.25) is 0 Å². The van der Waals surface area contributed by atoms with E-state index in [0.717, 1.165) is 25.6 Å². The first-order valence-electron chi connectivity index (χ1n) is 7.23.